The predicted molar refractivity (Wildman–Crippen MR) is 114 cm³/mol. The molecule has 0 aliphatic heterocycles. The summed E-state index contributed by atoms with van der Waals surface area (Å²) in [6.07, 6.45) is 6.16. The molecule has 7 nitrogen and oxygen atoms in total. The van der Waals surface area contributed by atoms with Crippen molar-refractivity contribution in [3.8, 4) is 5.75 Å². The number of ketones is 1. The van der Waals surface area contributed by atoms with Gasteiger partial charge >= 0.3 is 5.97 Å². The van der Waals surface area contributed by atoms with Crippen molar-refractivity contribution in [3.05, 3.63) is 83.2 Å². The van der Waals surface area contributed by atoms with Gasteiger partial charge in [0.1, 0.15) is 5.75 Å². The molecule has 0 aliphatic rings. The van der Waals surface area contributed by atoms with Crippen molar-refractivity contribution in [2.24, 2.45) is 12.8 Å². The second kappa shape index (κ2) is 10.6. The zero-order chi connectivity index (χ0) is 22.1. The van der Waals surface area contributed by atoms with Crippen LogP contribution in [-0.2, 0) is 23.1 Å². The summed E-state index contributed by atoms with van der Waals surface area (Å²) in [7, 11) is 1.81. The van der Waals surface area contributed by atoms with Gasteiger partial charge in [0.2, 0.25) is 5.78 Å². The van der Waals surface area contributed by atoms with Gasteiger partial charge < -0.3 is 20.1 Å². The number of carbonyl (C=O) groups is 3. The third-order valence-corrected chi connectivity index (χ3v) is 4.37. The number of nitrogens with two attached hydrogens (primary N) is 1. The lowest BCUT2D eigenvalue weighted by Gasteiger charge is -2.10. The van der Waals surface area contributed by atoms with Crippen molar-refractivity contribution >= 4 is 23.7 Å². The Morgan fingerprint density at radius 3 is 2.47 bits per heavy atom. The minimum absolute atomic E-state index is 0.0535. The molecule has 30 heavy (non-hydrogen) atoms. The number of primary amides is 1. The zero-order valence-corrected chi connectivity index (χ0v) is 16.9. The van der Waals surface area contributed by atoms with E-state index in [2.05, 4.69) is 0 Å². The summed E-state index contributed by atoms with van der Waals surface area (Å²) >= 11 is 0. The second-order valence-electron chi connectivity index (χ2n) is 6.54. The van der Waals surface area contributed by atoms with E-state index in [1.165, 1.54) is 12.1 Å². The van der Waals surface area contributed by atoms with Gasteiger partial charge in [0.25, 0.3) is 5.91 Å². The highest BCUT2D eigenvalue weighted by molar-refractivity contribution is 6.42. The third kappa shape index (κ3) is 6.34. The summed E-state index contributed by atoms with van der Waals surface area (Å²) < 4.78 is 7.05. The van der Waals surface area contributed by atoms with Crippen LogP contribution in [0.5, 0.6) is 5.75 Å². The Bertz CT molecular complexity index is 1020. The molecule has 1 amide bonds. The molecule has 3 N–H and O–H groups in total. The Labute approximate surface area is 174 Å². The van der Waals surface area contributed by atoms with E-state index < -0.39 is 24.3 Å². The normalized spacial score (nSPS) is 10.5. The van der Waals surface area contributed by atoms with Crippen LogP contribution in [0.2, 0.25) is 0 Å². The molecule has 0 fully saturated rings. The Kier molecular flexibility index (Phi) is 7.93. The van der Waals surface area contributed by atoms with Crippen molar-refractivity contribution in [2.45, 2.75) is 13.3 Å². The summed E-state index contributed by atoms with van der Waals surface area (Å²) in [5, 5.41) is 8.86. The first-order valence-electron chi connectivity index (χ1n) is 9.23. The number of aryl methyl sites for hydroxylation is 1. The van der Waals surface area contributed by atoms with E-state index in [0.717, 1.165) is 11.3 Å². The van der Waals surface area contributed by atoms with E-state index >= 15 is 0 Å². The second-order valence-corrected chi connectivity index (χ2v) is 6.54. The maximum Gasteiger partial charge on any atom is 0.341 e. The van der Waals surface area contributed by atoms with Crippen LogP contribution in [-0.4, -0.2) is 33.9 Å². The van der Waals surface area contributed by atoms with E-state index in [1.807, 2.05) is 54.1 Å². The molecule has 7 heteroatoms. The fourth-order valence-corrected chi connectivity index (χ4v) is 2.85. The number of aliphatic carboxylic acids is 1. The standard InChI is InChI=1S/C23H24N2O5/c1-16-19(22(28)23(24)29)14-18(30-15-21(26)27)11-7-13-25(2)20(16)12-6-10-17-8-4-3-5-9-17/h3-11,13-14H,12,15H2,1-2H3,(H2,24,29)(H,26,27). The highest BCUT2D eigenvalue weighted by atomic mass is 16.5. The maximum atomic E-state index is 12.5. The average molecular weight is 408 g/mol. The van der Waals surface area contributed by atoms with Crippen molar-refractivity contribution in [2.75, 3.05) is 6.61 Å². The first-order valence-corrected chi connectivity index (χ1v) is 9.23. The number of rotatable bonds is 8. The van der Waals surface area contributed by atoms with Crippen LogP contribution in [0, 0.1) is 6.92 Å². The Hall–Kier alpha value is -3.87. The highest BCUT2D eigenvalue weighted by Crippen LogP contribution is 2.18. The Morgan fingerprint density at radius 1 is 1.13 bits per heavy atom. The molecule has 1 aromatic heterocycles. The van der Waals surface area contributed by atoms with Crippen LogP contribution < -0.4 is 10.5 Å². The van der Waals surface area contributed by atoms with Gasteiger partial charge in [-0.2, -0.15) is 0 Å². The first kappa shape index (κ1) is 22.4. The molecule has 0 atom stereocenters. The third-order valence-electron chi connectivity index (χ3n) is 4.37. The summed E-state index contributed by atoms with van der Waals surface area (Å²) in [6, 6.07) is 14.3. The molecule has 1 heterocycles. The first-order chi connectivity index (χ1) is 14.3. The largest absolute Gasteiger partial charge is 0.482 e. The summed E-state index contributed by atoms with van der Waals surface area (Å²) in [5.41, 5.74) is 7.63. The minimum atomic E-state index is -1.16. The highest BCUT2D eigenvalue weighted by Gasteiger charge is 2.17. The molecule has 0 bridgehead atoms. The smallest absolute Gasteiger partial charge is 0.341 e. The number of hydrogen-bond donors (Lipinski definition) is 2. The topological polar surface area (TPSA) is 112 Å². The molecule has 0 saturated carbocycles. The Balaban J connectivity index is 2.58. The number of amides is 1. The molecule has 0 unspecified atom stereocenters. The van der Waals surface area contributed by atoms with Crippen molar-refractivity contribution in [3.63, 3.8) is 0 Å². The number of carboxylic acid groups (broad SMARTS) is 1. The van der Waals surface area contributed by atoms with Crippen molar-refractivity contribution < 1.29 is 24.2 Å². The number of carboxylic acids is 1. The Morgan fingerprint density at radius 2 is 1.83 bits per heavy atom. The zero-order valence-electron chi connectivity index (χ0n) is 16.9. The van der Waals surface area contributed by atoms with Gasteiger partial charge in [-0.05, 0) is 36.2 Å². The van der Waals surface area contributed by atoms with Crippen LogP contribution in [0.1, 0.15) is 27.2 Å². The number of Topliss-reactive ketones (excluding diaryl/α,β-unsaturated/α-hetero) is 1. The van der Waals surface area contributed by atoms with Gasteiger partial charge in [0, 0.05) is 30.9 Å². The van der Waals surface area contributed by atoms with Crippen LogP contribution in [0.4, 0.5) is 0 Å². The van der Waals surface area contributed by atoms with Gasteiger partial charge in [-0.3, -0.25) is 9.59 Å². The minimum Gasteiger partial charge on any atom is -0.482 e. The van der Waals surface area contributed by atoms with Gasteiger partial charge in [-0.1, -0.05) is 42.5 Å². The molecule has 0 aliphatic carbocycles. The van der Waals surface area contributed by atoms with Crippen molar-refractivity contribution in [1.82, 2.24) is 4.57 Å². The number of carbonyl (C=O) groups excluding carboxylic acids is 2. The van der Waals surface area contributed by atoms with Crippen LogP contribution in [0.25, 0.3) is 6.08 Å². The number of allylic oxidation sites excluding steroid dienone is 1. The van der Waals surface area contributed by atoms with E-state index in [-0.39, 0.29) is 11.3 Å². The summed E-state index contributed by atoms with van der Waals surface area (Å²) in [5.74, 6) is -3.01. The quantitative estimate of drug-likeness (QED) is 0.515. The van der Waals surface area contributed by atoms with Gasteiger partial charge in [-0.25, -0.2) is 4.79 Å². The molecule has 0 spiro atoms. The van der Waals surface area contributed by atoms with Gasteiger partial charge in [0.15, 0.2) is 6.61 Å². The molecule has 1 aromatic carbocycles. The number of ether oxygens (including phenoxy) is 1. The fourth-order valence-electron chi connectivity index (χ4n) is 2.85. The van der Waals surface area contributed by atoms with Crippen LogP contribution in [0.15, 0.2) is 60.8 Å². The van der Waals surface area contributed by atoms with E-state index in [4.69, 9.17) is 15.6 Å². The molecular formula is C23H24N2O5. The number of hydrogen-bond acceptors (Lipinski definition) is 4. The molecule has 0 radical (unpaired) electrons. The molecule has 0 saturated heterocycles. The van der Waals surface area contributed by atoms with Crippen molar-refractivity contribution in [1.29, 1.82) is 0 Å². The lowest BCUT2D eigenvalue weighted by molar-refractivity contribution is -0.139. The monoisotopic (exact) mass is 408 g/mol. The SMILES string of the molecule is Cc1c(C(=O)C(N)=O)cc(OCC(=O)O)cccn(C)c1CC=Cc1ccccc1. The summed E-state index contributed by atoms with van der Waals surface area (Å²) in [6.45, 7) is 1.13. The van der Waals surface area contributed by atoms with Crippen LogP contribution >= 0.6 is 0 Å². The lowest BCUT2D eigenvalue weighted by atomic mass is 10.0. The lowest BCUT2D eigenvalue weighted by Crippen LogP contribution is -2.24. The van der Waals surface area contributed by atoms with Gasteiger partial charge in [-0.15, -0.1) is 0 Å². The summed E-state index contributed by atoms with van der Waals surface area (Å²) in [4.78, 5) is 34.9. The maximum absolute atomic E-state index is 12.5. The van der Waals surface area contributed by atoms with E-state index in [9.17, 15) is 14.4 Å². The molecule has 156 valence electrons. The van der Waals surface area contributed by atoms with E-state index in [1.54, 1.807) is 19.2 Å². The van der Waals surface area contributed by atoms with Crippen LogP contribution in [0.3, 0.4) is 0 Å². The predicted octanol–water partition coefficient (Wildman–Crippen LogP) is 2.85. The average Bonchev–Trinajstić information content (AvgIpc) is 2.76. The molecule has 2 rings (SSSR count). The number of aromatic nitrogens is 1. The number of benzene rings is 1. The van der Waals surface area contributed by atoms with E-state index in [0.29, 0.717) is 12.0 Å². The van der Waals surface area contributed by atoms with Gasteiger partial charge in [0.05, 0.1) is 0 Å². The fraction of sp³-hybridized carbons (Fsp3) is 0.174. The number of nitrogens with zero attached hydrogens (tertiary/aromatic N) is 1. The molecular weight excluding hydrogens is 384 g/mol. The molecule has 2 aromatic rings.